The molecule has 2 aromatic carbocycles. The van der Waals surface area contributed by atoms with Crippen molar-refractivity contribution in [3.8, 4) is 11.3 Å². The molecule has 0 aliphatic carbocycles. The summed E-state index contributed by atoms with van der Waals surface area (Å²) < 4.78 is 19.4. The highest BCUT2D eigenvalue weighted by Gasteiger charge is 2.28. The van der Waals surface area contributed by atoms with Crippen LogP contribution in [0.1, 0.15) is 22.1 Å². The van der Waals surface area contributed by atoms with Crippen molar-refractivity contribution in [2.45, 2.75) is 17.9 Å². The van der Waals surface area contributed by atoms with Crippen molar-refractivity contribution in [2.75, 3.05) is 6.61 Å². The van der Waals surface area contributed by atoms with Gasteiger partial charge in [0, 0.05) is 32.2 Å². The first kappa shape index (κ1) is 18.0. The number of halogens is 1. The lowest BCUT2D eigenvalue weighted by molar-refractivity contribution is 0.293. The zero-order valence-electron chi connectivity index (χ0n) is 13.7. The van der Waals surface area contributed by atoms with E-state index in [1.54, 1.807) is 0 Å². The fourth-order valence-corrected chi connectivity index (χ4v) is 4.40. The summed E-state index contributed by atoms with van der Waals surface area (Å²) in [7, 11) is -1.30. The molecule has 2 unspecified atom stereocenters. The minimum atomic E-state index is -1.30. The molecule has 0 amide bonds. The van der Waals surface area contributed by atoms with Gasteiger partial charge in [0.05, 0.1) is 17.6 Å². The van der Waals surface area contributed by atoms with Gasteiger partial charge >= 0.3 is 0 Å². The van der Waals surface area contributed by atoms with Crippen molar-refractivity contribution in [3.05, 3.63) is 75.9 Å². The average Bonchev–Trinajstić information content (AvgIpc) is 2.99. The summed E-state index contributed by atoms with van der Waals surface area (Å²) in [6.45, 7) is 1.58. The number of aliphatic hydroxyl groups is 1. The van der Waals surface area contributed by atoms with Crippen LogP contribution in [0.2, 0.25) is 0 Å². The predicted octanol–water partition coefficient (Wildman–Crippen LogP) is 4.39. The Kier molecular flexibility index (Phi) is 5.83. The molecule has 0 saturated carbocycles. The van der Waals surface area contributed by atoms with Crippen molar-refractivity contribution in [1.29, 1.82) is 0 Å². The highest BCUT2D eigenvalue weighted by atomic mass is 79.9. The number of aryl methyl sites for hydroxylation is 1. The molecule has 0 aliphatic heterocycles. The largest absolute Gasteiger partial charge is 0.395 e. The Hall–Kier alpha value is -1.76. The highest BCUT2D eigenvalue weighted by molar-refractivity contribution is 9.10. The number of hydrogen-bond acceptors (Lipinski definition) is 4. The number of aliphatic hydroxyl groups excluding tert-OH is 1. The highest BCUT2D eigenvalue weighted by Crippen LogP contribution is 2.35. The molecule has 0 spiro atoms. The Labute approximate surface area is 157 Å². The molecular formula is C19H18BrNO3S. The van der Waals surface area contributed by atoms with Gasteiger partial charge in [-0.2, -0.15) is 0 Å². The van der Waals surface area contributed by atoms with E-state index in [0.717, 1.165) is 15.6 Å². The lowest BCUT2D eigenvalue weighted by Crippen LogP contribution is -2.14. The smallest absolute Gasteiger partial charge is 0.171 e. The maximum atomic E-state index is 12.9. The number of benzene rings is 2. The predicted molar refractivity (Wildman–Crippen MR) is 102 cm³/mol. The Morgan fingerprint density at radius 3 is 2.48 bits per heavy atom. The molecule has 1 aromatic heterocycles. The zero-order valence-corrected chi connectivity index (χ0v) is 16.1. The van der Waals surface area contributed by atoms with Crippen molar-refractivity contribution < 1.29 is 13.8 Å². The quantitative estimate of drug-likeness (QED) is 0.642. The van der Waals surface area contributed by atoms with E-state index < -0.39 is 16.0 Å². The third-order valence-electron chi connectivity index (χ3n) is 3.97. The third-order valence-corrected chi connectivity index (χ3v) is 6.14. The van der Waals surface area contributed by atoms with Crippen molar-refractivity contribution >= 4 is 26.7 Å². The molecule has 2 atom stereocenters. The van der Waals surface area contributed by atoms with Gasteiger partial charge in [-0.1, -0.05) is 63.6 Å². The Morgan fingerprint density at radius 1 is 1.16 bits per heavy atom. The van der Waals surface area contributed by atoms with E-state index in [1.807, 2.05) is 61.5 Å². The Balaban J connectivity index is 1.94. The second kappa shape index (κ2) is 8.08. The lowest BCUT2D eigenvalue weighted by Gasteiger charge is -2.15. The van der Waals surface area contributed by atoms with Crippen molar-refractivity contribution in [1.82, 2.24) is 5.16 Å². The van der Waals surface area contributed by atoms with Gasteiger partial charge in [-0.3, -0.25) is 4.21 Å². The maximum Gasteiger partial charge on any atom is 0.171 e. The molecule has 1 heterocycles. The summed E-state index contributed by atoms with van der Waals surface area (Å²) in [5, 5.41) is 13.4. The summed E-state index contributed by atoms with van der Waals surface area (Å²) in [5.74, 6) is 0.932. The summed E-state index contributed by atoms with van der Waals surface area (Å²) in [6.07, 6.45) is 0. The summed E-state index contributed by atoms with van der Waals surface area (Å²) in [6, 6.07) is 17.2. The van der Waals surface area contributed by atoms with Gasteiger partial charge < -0.3 is 9.63 Å². The molecule has 25 heavy (non-hydrogen) atoms. The molecule has 1 N–H and O–H groups in total. The van der Waals surface area contributed by atoms with Gasteiger partial charge in [-0.15, -0.1) is 0 Å². The molecule has 0 aliphatic rings. The molecule has 3 aromatic rings. The van der Waals surface area contributed by atoms with Gasteiger partial charge in [0.15, 0.2) is 5.76 Å². The van der Waals surface area contributed by atoms with Crippen molar-refractivity contribution in [2.24, 2.45) is 0 Å². The van der Waals surface area contributed by atoms with Crippen LogP contribution >= 0.6 is 15.9 Å². The average molecular weight is 420 g/mol. The van der Waals surface area contributed by atoms with E-state index in [2.05, 4.69) is 21.1 Å². The van der Waals surface area contributed by atoms with Gasteiger partial charge in [0.1, 0.15) is 0 Å². The van der Waals surface area contributed by atoms with Gasteiger partial charge in [0.2, 0.25) is 0 Å². The zero-order chi connectivity index (χ0) is 17.8. The van der Waals surface area contributed by atoms with Gasteiger partial charge in [-0.05, 0) is 24.6 Å². The normalized spacial score (nSPS) is 13.6. The SMILES string of the molecule is Cc1noc(-c2ccc(Br)cc2)c1C(CO)S(=O)Cc1ccccc1. The molecular weight excluding hydrogens is 402 g/mol. The lowest BCUT2D eigenvalue weighted by atomic mass is 10.0. The fourth-order valence-electron chi connectivity index (χ4n) is 2.71. The number of nitrogens with zero attached hydrogens (tertiary/aromatic N) is 1. The van der Waals surface area contributed by atoms with Crippen LogP contribution in [0.25, 0.3) is 11.3 Å². The summed E-state index contributed by atoms with van der Waals surface area (Å²) >= 11 is 3.41. The van der Waals surface area contributed by atoms with Crippen LogP contribution in [0, 0.1) is 6.92 Å². The number of hydrogen-bond donors (Lipinski definition) is 1. The molecule has 0 fully saturated rings. The van der Waals surface area contributed by atoms with Gasteiger partial charge in [-0.25, -0.2) is 0 Å². The van der Waals surface area contributed by atoms with Crippen molar-refractivity contribution in [3.63, 3.8) is 0 Å². The van der Waals surface area contributed by atoms with Crippen LogP contribution in [0.5, 0.6) is 0 Å². The number of rotatable bonds is 6. The van der Waals surface area contributed by atoms with Gasteiger partial charge in [0.25, 0.3) is 0 Å². The molecule has 3 rings (SSSR count). The molecule has 4 nitrogen and oxygen atoms in total. The molecule has 6 heteroatoms. The first-order chi connectivity index (χ1) is 12.1. The standard InChI is InChI=1S/C19H18BrNO3S/c1-13-18(19(24-21-13)15-7-9-16(20)10-8-15)17(11-22)25(23)12-14-5-3-2-4-6-14/h2-10,17,22H,11-12H2,1H3. The van der Waals surface area contributed by atoms with Crippen LogP contribution in [-0.4, -0.2) is 21.1 Å². The first-order valence-corrected chi connectivity index (χ1v) is 10.0. The monoisotopic (exact) mass is 419 g/mol. The van der Waals surface area contributed by atoms with E-state index in [1.165, 1.54) is 0 Å². The van der Waals surface area contributed by atoms with Crippen LogP contribution in [0.15, 0.2) is 63.6 Å². The van der Waals surface area contributed by atoms with Crippen LogP contribution in [0.4, 0.5) is 0 Å². The van der Waals surface area contributed by atoms with E-state index >= 15 is 0 Å². The first-order valence-electron chi connectivity index (χ1n) is 7.84. The van der Waals surface area contributed by atoms with Crippen LogP contribution in [0.3, 0.4) is 0 Å². The van der Waals surface area contributed by atoms with Crippen LogP contribution in [-0.2, 0) is 16.6 Å². The maximum absolute atomic E-state index is 12.9. The second-order valence-electron chi connectivity index (χ2n) is 5.70. The van der Waals surface area contributed by atoms with E-state index in [9.17, 15) is 9.32 Å². The Morgan fingerprint density at radius 2 is 1.84 bits per heavy atom. The third kappa shape index (κ3) is 4.08. The topological polar surface area (TPSA) is 63.3 Å². The molecule has 130 valence electrons. The fraction of sp³-hybridized carbons (Fsp3) is 0.211. The second-order valence-corrected chi connectivity index (χ2v) is 8.23. The number of aromatic nitrogens is 1. The van der Waals surface area contributed by atoms with E-state index in [4.69, 9.17) is 4.52 Å². The summed E-state index contributed by atoms with van der Waals surface area (Å²) in [4.78, 5) is 0. The minimum Gasteiger partial charge on any atom is -0.395 e. The van der Waals surface area contributed by atoms with Crippen LogP contribution < -0.4 is 0 Å². The van der Waals surface area contributed by atoms with E-state index in [-0.39, 0.29) is 6.61 Å². The van der Waals surface area contributed by atoms with E-state index in [0.29, 0.717) is 22.8 Å². The summed E-state index contributed by atoms with van der Waals surface area (Å²) in [5.41, 5.74) is 3.17. The Bertz CT molecular complexity index is 862. The minimum absolute atomic E-state index is 0.231. The molecule has 0 bridgehead atoms. The molecule has 0 saturated heterocycles. The molecule has 0 radical (unpaired) electrons.